The van der Waals surface area contributed by atoms with E-state index in [0.717, 1.165) is 26.2 Å². The summed E-state index contributed by atoms with van der Waals surface area (Å²) in [6.45, 7) is 4.04. The smallest absolute Gasteiger partial charge is 0.237 e. The van der Waals surface area contributed by atoms with Crippen molar-refractivity contribution >= 4 is 0 Å². The normalized spacial score (nSPS) is 11.0. The van der Waals surface area contributed by atoms with Crippen molar-refractivity contribution in [3.05, 3.63) is 109 Å². The van der Waals surface area contributed by atoms with E-state index in [4.69, 9.17) is 0 Å². The van der Waals surface area contributed by atoms with Crippen LogP contribution in [0.25, 0.3) is 0 Å². The second-order valence-electron chi connectivity index (χ2n) is 7.68. The molecule has 0 aliphatic rings. The molecule has 0 atom stereocenters. The summed E-state index contributed by atoms with van der Waals surface area (Å²) in [4.78, 5) is 0. The average molecular weight is 387 g/mol. The first-order valence-electron chi connectivity index (χ1n) is 10.5. The summed E-state index contributed by atoms with van der Waals surface area (Å²) in [5.74, 6) is 0. The standard InChI is InChI=1S/C25H30N4/c1-4-10-24(11-5-1)20-28-18-16-26(22-28)14-8-3-9-15-27-17-19-29(23-27)21-25-12-6-2-7-13-25/h1-2,4-7,10-13,16-19,22-23H,3,8-9,14-15,20-21H2/q+2. The van der Waals surface area contributed by atoms with E-state index < -0.39 is 0 Å². The third-order valence-corrected chi connectivity index (χ3v) is 5.24. The van der Waals surface area contributed by atoms with Crippen molar-refractivity contribution in [1.82, 2.24) is 9.13 Å². The van der Waals surface area contributed by atoms with Gasteiger partial charge in [0.2, 0.25) is 12.7 Å². The molecule has 0 radical (unpaired) electrons. The topological polar surface area (TPSA) is 17.6 Å². The summed E-state index contributed by atoms with van der Waals surface area (Å²) in [6.07, 6.45) is 16.8. The van der Waals surface area contributed by atoms with Crippen molar-refractivity contribution in [2.75, 3.05) is 0 Å². The summed E-state index contributed by atoms with van der Waals surface area (Å²) in [5.41, 5.74) is 2.68. The van der Waals surface area contributed by atoms with Crippen molar-refractivity contribution in [3.63, 3.8) is 0 Å². The first kappa shape index (κ1) is 19.2. The van der Waals surface area contributed by atoms with E-state index in [1.54, 1.807) is 0 Å². The van der Waals surface area contributed by atoms with E-state index in [1.165, 1.54) is 30.4 Å². The van der Waals surface area contributed by atoms with Crippen molar-refractivity contribution in [1.29, 1.82) is 0 Å². The first-order valence-corrected chi connectivity index (χ1v) is 10.5. The Balaban J connectivity index is 1.15. The quantitative estimate of drug-likeness (QED) is 0.291. The molecule has 0 unspecified atom stereocenters. The molecule has 4 heteroatoms. The SMILES string of the molecule is c1ccc(C[n+]2ccn(CCCCCn3cc[n+](Cc4ccccc4)c3)c2)cc1. The predicted octanol–water partition coefficient (Wildman–Crippen LogP) is 3.83. The van der Waals surface area contributed by atoms with Crippen LogP contribution in [0.1, 0.15) is 30.4 Å². The largest absolute Gasteiger partial charge is 0.244 e. The van der Waals surface area contributed by atoms with Crippen LogP contribution in [-0.4, -0.2) is 9.13 Å². The van der Waals surface area contributed by atoms with E-state index in [2.05, 4.69) is 116 Å². The van der Waals surface area contributed by atoms with Crippen LogP contribution < -0.4 is 9.13 Å². The molecule has 0 saturated heterocycles. The van der Waals surface area contributed by atoms with Gasteiger partial charge in [0.05, 0.1) is 13.1 Å². The Labute approximate surface area is 173 Å². The molecule has 2 heterocycles. The molecule has 4 nitrogen and oxygen atoms in total. The second kappa shape index (κ2) is 9.87. The number of unbranched alkanes of at least 4 members (excludes halogenated alkanes) is 2. The molecule has 4 rings (SSSR count). The van der Waals surface area contributed by atoms with E-state index in [1.807, 2.05) is 0 Å². The monoisotopic (exact) mass is 386 g/mol. The molecular formula is C25H30N4+2. The van der Waals surface area contributed by atoms with Crippen molar-refractivity contribution in [3.8, 4) is 0 Å². The van der Waals surface area contributed by atoms with E-state index in [-0.39, 0.29) is 0 Å². The minimum absolute atomic E-state index is 0.935. The van der Waals surface area contributed by atoms with Gasteiger partial charge in [0.15, 0.2) is 0 Å². The Morgan fingerprint density at radius 1 is 0.552 bits per heavy atom. The minimum Gasteiger partial charge on any atom is -0.237 e. The number of hydrogen-bond acceptors (Lipinski definition) is 0. The third kappa shape index (κ3) is 5.92. The van der Waals surface area contributed by atoms with Crippen molar-refractivity contribution in [2.45, 2.75) is 45.4 Å². The van der Waals surface area contributed by atoms with Gasteiger partial charge in [-0.25, -0.2) is 18.3 Å². The van der Waals surface area contributed by atoms with Crippen LogP contribution in [0.5, 0.6) is 0 Å². The lowest BCUT2D eigenvalue weighted by atomic mass is 10.2. The Kier molecular flexibility index (Phi) is 6.53. The summed E-state index contributed by atoms with van der Waals surface area (Å²) in [7, 11) is 0. The highest BCUT2D eigenvalue weighted by Gasteiger charge is 2.06. The summed E-state index contributed by atoms with van der Waals surface area (Å²) >= 11 is 0. The van der Waals surface area contributed by atoms with Gasteiger partial charge in [-0.05, 0) is 30.4 Å². The lowest BCUT2D eigenvalue weighted by molar-refractivity contribution is -0.688. The van der Waals surface area contributed by atoms with Crippen LogP contribution in [0, 0.1) is 0 Å². The fourth-order valence-electron chi connectivity index (χ4n) is 3.68. The fourth-order valence-corrected chi connectivity index (χ4v) is 3.68. The number of imidazole rings is 2. The number of aryl methyl sites for hydroxylation is 2. The number of nitrogens with zero attached hydrogens (tertiary/aromatic N) is 4. The zero-order valence-electron chi connectivity index (χ0n) is 17.0. The van der Waals surface area contributed by atoms with Crippen molar-refractivity contribution < 1.29 is 9.13 Å². The van der Waals surface area contributed by atoms with Gasteiger partial charge in [-0.2, -0.15) is 0 Å². The second-order valence-corrected chi connectivity index (χ2v) is 7.68. The summed E-state index contributed by atoms with van der Waals surface area (Å²) in [6, 6.07) is 21.2. The zero-order chi connectivity index (χ0) is 19.7. The molecule has 0 amide bonds. The minimum atomic E-state index is 0.935. The van der Waals surface area contributed by atoms with Crippen LogP contribution >= 0.6 is 0 Å². The fraction of sp³-hybridized carbons (Fsp3) is 0.280. The van der Waals surface area contributed by atoms with Gasteiger partial charge in [0.25, 0.3) is 0 Å². The number of benzene rings is 2. The van der Waals surface area contributed by atoms with Gasteiger partial charge in [0, 0.05) is 0 Å². The maximum absolute atomic E-state index is 2.30. The molecule has 2 aromatic carbocycles. The van der Waals surface area contributed by atoms with Crippen LogP contribution in [0.3, 0.4) is 0 Å². The predicted molar refractivity (Wildman–Crippen MR) is 114 cm³/mol. The summed E-state index contributed by atoms with van der Waals surface area (Å²) in [5, 5.41) is 0. The van der Waals surface area contributed by atoms with Crippen molar-refractivity contribution in [2.24, 2.45) is 0 Å². The molecule has 4 aromatic rings. The maximum Gasteiger partial charge on any atom is 0.244 e. The molecule has 148 valence electrons. The number of aromatic nitrogens is 4. The highest BCUT2D eigenvalue weighted by molar-refractivity contribution is 5.13. The first-order chi connectivity index (χ1) is 14.3. The van der Waals surface area contributed by atoms with Gasteiger partial charge in [0.1, 0.15) is 37.9 Å². The van der Waals surface area contributed by atoms with Crippen LogP contribution in [0.15, 0.2) is 98.1 Å². The van der Waals surface area contributed by atoms with Gasteiger partial charge >= 0.3 is 0 Å². The number of hydrogen-bond donors (Lipinski definition) is 0. The maximum atomic E-state index is 2.30. The number of rotatable bonds is 10. The highest BCUT2D eigenvalue weighted by Crippen LogP contribution is 2.03. The molecule has 0 aliphatic carbocycles. The Morgan fingerprint density at radius 3 is 1.45 bits per heavy atom. The lowest BCUT2D eigenvalue weighted by Crippen LogP contribution is -2.31. The van der Waals surface area contributed by atoms with Crippen LogP contribution in [0.4, 0.5) is 0 Å². The molecule has 0 spiro atoms. The van der Waals surface area contributed by atoms with Gasteiger partial charge < -0.3 is 0 Å². The summed E-state index contributed by atoms with van der Waals surface area (Å²) < 4.78 is 9.10. The Hall–Kier alpha value is -3.14. The molecule has 2 aromatic heterocycles. The highest BCUT2D eigenvalue weighted by atomic mass is 15.1. The molecular weight excluding hydrogens is 356 g/mol. The Morgan fingerprint density at radius 2 is 1.00 bits per heavy atom. The molecule has 0 N–H and O–H groups in total. The lowest BCUT2D eigenvalue weighted by Gasteiger charge is -1.99. The molecule has 0 aliphatic heterocycles. The average Bonchev–Trinajstić information content (AvgIpc) is 3.39. The van der Waals surface area contributed by atoms with E-state index in [9.17, 15) is 0 Å². The Bertz CT molecular complexity index is 904. The van der Waals surface area contributed by atoms with Gasteiger partial charge in [-0.15, -0.1) is 0 Å². The molecule has 0 fully saturated rings. The third-order valence-electron chi connectivity index (χ3n) is 5.24. The zero-order valence-corrected chi connectivity index (χ0v) is 17.0. The van der Waals surface area contributed by atoms with Crippen LogP contribution in [0.2, 0.25) is 0 Å². The van der Waals surface area contributed by atoms with Crippen LogP contribution in [-0.2, 0) is 26.2 Å². The molecule has 0 bridgehead atoms. The van der Waals surface area contributed by atoms with Gasteiger partial charge in [-0.1, -0.05) is 60.7 Å². The van der Waals surface area contributed by atoms with E-state index in [0.29, 0.717) is 0 Å². The molecule has 29 heavy (non-hydrogen) atoms. The van der Waals surface area contributed by atoms with Gasteiger partial charge in [-0.3, -0.25) is 0 Å². The molecule has 0 saturated carbocycles. The van der Waals surface area contributed by atoms with E-state index >= 15 is 0 Å².